The lowest BCUT2D eigenvalue weighted by Gasteiger charge is -2.38. The highest BCUT2D eigenvalue weighted by Crippen LogP contribution is 2.13. The van der Waals surface area contributed by atoms with E-state index in [4.69, 9.17) is 10.8 Å². The van der Waals surface area contributed by atoms with Crippen molar-refractivity contribution >= 4 is 17.8 Å². The van der Waals surface area contributed by atoms with Crippen LogP contribution >= 0.6 is 0 Å². The van der Waals surface area contributed by atoms with Gasteiger partial charge in [0.15, 0.2) is 0 Å². The van der Waals surface area contributed by atoms with Crippen LogP contribution in [0, 0.1) is 5.92 Å². The van der Waals surface area contributed by atoms with E-state index in [0.29, 0.717) is 26.2 Å². The summed E-state index contributed by atoms with van der Waals surface area (Å²) in [5, 5.41) is 8.81. The van der Waals surface area contributed by atoms with E-state index in [2.05, 4.69) is 0 Å². The topological polar surface area (TPSA) is 107 Å². The average molecular weight is 300 g/mol. The Kier molecular flexibility index (Phi) is 5.95. The molecule has 8 heteroatoms. The number of nitrogens with zero attached hydrogens (tertiary/aromatic N) is 3. The number of hydrogen-bond donors (Lipinski definition) is 2. The summed E-state index contributed by atoms with van der Waals surface area (Å²) in [5.41, 5.74) is 5.35. The second kappa shape index (κ2) is 7.26. The van der Waals surface area contributed by atoms with Crippen LogP contribution in [0.15, 0.2) is 0 Å². The number of likely N-dealkylation sites (N-methyl/N-ethyl adjacent to an activating group) is 1. The lowest BCUT2D eigenvalue weighted by Crippen LogP contribution is -2.57. The van der Waals surface area contributed by atoms with Crippen LogP contribution in [-0.2, 0) is 9.59 Å². The maximum atomic E-state index is 12.4. The molecule has 0 aliphatic carbocycles. The molecule has 21 heavy (non-hydrogen) atoms. The van der Waals surface area contributed by atoms with Gasteiger partial charge in [-0.1, -0.05) is 13.8 Å². The SMILES string of the molecule is CC(C)C(C(N)=O)N(C)C(=O)N1CCN(C(=O)CO)CC1. The number of rotatable bonds is 4. The molecule has 1 saturated heterocycles. The van der Waals surface area contributed by atoms with E-state index in [0.717, 1.165) is 0 Å². The van der Waals surface area contributed by atoms with Crippen molar-refractivity contribution in [2.24, 2.45) is 11.7 Å². The fourth-order valence-electron chi connectivity index (χ4n) is 2.56. The fourth-order valence-corrected chi connectivity index (χ4v) is 2.56. The van der Waals surface area contributed by atoms with Crippen molar-refractivity contribution in [2.75, 3.05) is 39.8 Å². The minimum atomic E-state index is -0.658. The zero-order valence-corrected chi connectivity index (χ0v) is 12.8. The highest BCUT2D eigenvalue weighted by Gasteiger charge is 2.32. The molecule has 0 spiro atoms. The lowest BCUT2D eigenvalue weighted by molar-refractivity contribution is -0.135. The Morgan fingerprint density at radius 2 is 1.62 bits per heavy atom. The summed E-state index contributed by atoms with van der Waals surface area (Å²) in [6.45, 7) is 4.64. The standard InChI is InChI=1S/C13H24N4O4/c1-9(2)11(12(14)20)15(3)13(21)17-6-4-16(5-7-17)10(19)8-18/h9,11,18H,4-8H2,1-3H3,(H2,14,20). The molecule has 0 bridgehead atoms. The van der Waals surface area contributed by atoms with Gasteiger partial charge in [0.05, 0.1) is 0 Å². The smallest absolute Gasteiger partial charge is 0.320 e. The molecule has 1 fully saturated rings. The van der Waals surface area contributed by atoms with Crippen LogP contribution in [0.1, 0.15) is 13.8 Å². The number of nitrogens with two attached hydrogens (primary N) is 1. The summed E-state index contributed by atoms with van der Waals surface area (Å²) >= 11 is 0. The van der Waals surface area contributed by atoms with Crippen LogP contribution in [0.2, 0.25) is 0 Å². The molecule has 1 atom stereocenters. The van der Waals surface area contributed by atoms with Gasteiger partial charge in [0, 0.05) is 33.2 Å². The first-order valence-electron chi connectivity index (χ1n) is 6.99. The molecule has 1 rings (SSSR count). The van der Waals surface area contributed by atoms with Gasteiger partial charge in [-0.15, -0.1) is 0 Å². The Balaban J connectivity index is 2.64. The molecule has 0 aromatic heterocycles. The van der Waals surface area contributed by atoms with E-state index in [1.807, 2.05) is 13.8 Å². The van der Waals surface area contributed by atoms with Crippen molar-refractivity contribution in [1.29, 1.82) is 0 Å². The molecule has 0 radical (unpaired) electrons. The molecule has 1 aliphatic rings. The monoisotopic (exact) mass is 300 g/mol. The number of piperazine rings is 1. The van der Waals surface area contributed by atoms with E-state index < -0.39 is 18.6 Å². The molecule has 120 valence electrons. The van der Waals surface area contributed by atoms with Crippen molar-refractivity contribution in [3.05, 3.63) is 0 Å². The van der Waals surface area contributed by atoms with Gasteiger partial charge < -0.3 is 25.5 Å². The molecular formula is C13H24N4O4. The molecule has 1 heterocycles. The summed E-state index contributed by atoms with van der Waals surface area (Å²) in [7, 11) is 1.56. The number of hydrogen-bond acceptors (Lipinski definition) is 4. The number of carbonyl (C=O) groups excluding carboxylic acids is 3. The summed E-state index contributed by atoms with van der Waals surface area (Å²) in [6, 6.07) is -0.932. The highest BCUT2D eigenvalue weighted by molar-refractivity contribution is 5.86. The number of primary amides is 1. The third kappa shape index (κ3) is 4.07. The molecular weight excluding hydrogens is 276 g/mol. The van der Waals surface area contributed by atoms with Crippen molar-refractivity contribution in [2.45, 2.75) is 19.9 Å². The van der Waals surface area contributed by atoms with Crippen molar-refractivity contribution in [3.8, 4) is 0 Å². The third-order valence-corrected chi connectivity index (χ3v) is 3.68. The van der Waals surface area contributed by atoms with Crippen molar-refractivity contribution in [3.63, 3.8) is 0 Å². The lowest BCUT2D eigenvalue weighted by atomic mass is 10.0. The summed E-state index contributed by atoms with van der Waals surface area (Å²) < 4.78 is 0. The Hall–Kier alpha value is -1.83. The largest absolute Gasteiger partial charge is 0.387 e. The molecule has 0 saturated carbocycles. The minimum Gasteiger partial charge on any atom is -0.387 e. The van der Waals surface area contributed by atoms with Crippen LogP contribution in [0.25, 0.3) is 0 Å². The Labute approximate surface area is 124 Å². The van der Waals surface area contributed by atoms with Crippen LogP contribution in [0.5, 0.6) is 0 Å². The molecule has 8 nitrogen and oxygen atoms in total. The van der Waals surface area contributed by atoms with Gasteiger partial charge in [0.25, 0.3) is 0 Å². The Morgan fingerprint density at radius 3 is 2.00 bits per heavy atom. The van der Waals surface area contributed by atoms with Crippen molar-refractivity contribution in [1.82, 2.24) is 14.7 Å². The number of carbonyl (C=O) groups is 3. The molecule has 4 amide bonds. The first kappa shape index (κ1) is 17.2. The number of aliphatic hydroxyl groups is 1. The fraction of sp³-hybridized carbons (Fsp3) is 0.769. The number of amides is 4. The average Bonchev–Trinajstić information content (AvgIpc) is 2.45. The number of aliphatic hydroxyl groups excluding tert-OH is 1. The summed E-state index contributed by atoms with van der Waals surface area (Å²) in [4.78, 5) is 39.7. The maximum absolute atomic E-state index is 12.4. The van der Waals surface area contributed by atoms with Crippen LogP contribution in [0.4, 0.5) is 4.79 Å². The van der Waals surface area contributed by atoms with Gasteiger partial charge in [0.1, 0.15) is 12.6 Å². The van der Waals surface area contributed by atoms with E-state index in [1.54, 1.807) is 11.9 Å². The van der Waals surface area contributed by atoms with Gasteiger partial charge >= 0.3 is 6.03 Å². The maximum Gasteiger partial charge on any atom is 0.320 e. The van der Waals surface area contributed by atoms with Gasteiger partial charge in [-0.25, -0.2) is 4.79 Å². The van der Waals surface area contributed by atoms with Crippen LogP contribution < -0.4 is 5.73 Å². The van der Waals surface area contributed by atoms with Crippen LogP contribution in [-0.4, -0.2) is 83.5 Å². The Morgan fingerprint density at radius 1 is 1.14 bits per heavy atom. The third-order valence-electron chi connectivity index (χ3n) is 3.68. The van der Waals surface area contributed by atoms with Gasteiger partial charge in [0.2, 0.25) is 11.8 Å². The second-order valence-electron chi connectivity index (χ2n) is 5.51. The Bertz CT molecular complexity index is 405. The first-order valence-corrected chi connectivity index (χ1v) is 6.99. The molecule has 0 aromatic carbocycles. The highest BCUT2D eigenvalue weighted by atomic mass is 16.3. The van der Waals surface area contributed by atoms with Gasteiger partial charge in [-0.2, -0.15) is 0 Å². The second-order valence-corrected chi connectivity index (χ2v) is 5.51. The zero-order valence-electron chi connectivity index (χ0n) is 12.8. The predicted octanol–water partition coefficient (Wildman–Crippen LogP) is -1.32. The molecule has 0 aromatic rings. The minimum absolute atomic E-state index is 0.0753. The van der Waals surface area contributed by atoms with Gasteiger partial charge in [-0.05, 0) is 5.92 Å². The van der Waals surface area contributed by atoms with Crippen LogP contribution in [0.3, 0.4) is 0 Å². The zero-order chi connectivity index (χ0) is 16.2. The van der Waals surface area contributed by atoms with E-state index >= 15 is 0 Å². The summed E-state index contributed by atoms with van der Waals surface area (Å²) in [5.74, 6) is -0.948. The molecule has 1 unspecified atom stereocenters. The predicted molar refractivity (Wildman–Crippen MR) is 76.2 cm³/mol. The molecule has 3 N–H and O–H groups in total. The summed E-state index contributed by atoms with van der Waals surface area (Å²) in [6.07, 6.45) is 0. The van der Waals surface area contributed by atoms with E-state index in [-0.39, 0.29) is 17.9 Å². The quantitative estimate of drug-likeness (QED) is 0.671. The first-order chi connectivity index (χ1) is 9.79. The molecule has 1 aliphatic heterocycles. The van der Waals surface area contributed by atoms with Crippen molar-refractivity contribution < 1.29 is 19.5 Å². The van der Waals surface area contributed by atoms with E-state index in [1.165, 1.54) is 9.80 Å². The normalized spacial score (nSPS) is 16.8. The van der Waals surface area contributed by atoms with E-state index in [9.17, 15) is 14.4 Å². The van der Waals surface area contributed by atoms with Gasteiger partial charge in [-0.3, -0.25) is 9.59 Å². The number of urea groups is 1.